The van der Waals surface area contributed by atoms with Crippen molar-refractivity contribution in [3.63, 3.8) is 0 Å². The fraction of sp³-hybridized carbons (Fsp3) is 0. The monoisotopic (exact) mass is 697 g/mol. The molecule has 1 heterocycles. The zero-order valence-corrected chi connectivity index (χ0v) is 30.2. The van der Waals surface area contributed by atoms with Crippen LogP contribution in [0, 0.1) is 0 Å². The Hall–Kier alpha value is -7.22. The Kier molecular flexibility index (Phi) is 7.25. The third-order valence-electron chi connectivity index (χ3n) is 11.4. The average molecular weight is 698 g/mol. The lowest BCUT2D eigenvalue weighted by Crippen LogP contribution is -1.94. The van der Waals surface area contributed by atoms with Crippen LogP contribution >= 0.6 is 0 Å². The first-order valence-corrected chi connectivity index (χ1v) is 19.0. The van der Waals surface area contributed by atoms with Crippen LogP contribution in [0.1, 0.15) is 0 Å². The zero-order chi connectivity index (χ0) is 36.3. The van der Waals surface area contributed by atoms with E-state index >= 15 is 0 Å². The van der Waals surface area contributed by atoms with Gasteiger partial charge >= 0.3 is 0 Å². The summed E-state index contributed by atoms with van der Waals surface area (Å²) in [5, 5.41) is 11.3. The lowest BCUT2D eigenvalue weighted by molar-refractivity contribution is 1.13. The molecule has 0 radical (unpaired) electrons. The number of aromatic nitrogens is 1. The van der Waals surface area contributed by atoms with Crippen molar-refractivity contribution in [2.45, 2.75) is 0 Å². The molecule has 0 atom stereocenters. The smallest absolute Gasteiger partial charge is 0.0535 e. The van der Waals surface area contributed by atoms with Gasteiger partial charge in [0.15, 0.2) is 0 Å². The van der Waals surface area contributed by atoms with E-state index in [0.717, 1.165) is 5.69 Å². The summed E-state index contributed by atoms with van der Waals surface area (Å²) in [6.45, 7) is 0. The molecule has 11 aromatic rings. The summed E-state index contributed by atoms with van der Waals surface area (Å²) in [6, 6.07) is 75.5. The van der Waals surface area contributed by atoms with E-state index < -0.39 is 0 Å². The lowest BCUT2D eigenvalue weighted by Gasteiger charge is -2.14. The highest BCUT2D eigenvalue weighted by Gasteiger charge is 2.19. The Morgan fingerprint density at radius 1 is 0.255 bits per heavy atom. The van der Waals surface area contributed by atoms with Gasteiger partial charge in [0.2, 0.25) is 0 Å². The predicted octanol–water partition coefficient (Wildman–Crippen LogP) is 14.9. The van der Waals surface area contributed by atoms with E-state index in [1.54, 1.807) is 0 Å². The lowest BCUT2D eigenvalue weighted by atomic mass is 9.91. The molecular formula is C54H35N. The van der Waals surface area contributed by atoms with Gasteiger partial charge in [-0.05, 0) is 124 Å². The van der Waals surface area contributed by atoms with Crippen LogP contribution in [-0.4, -0.2) is 4.57 Å². The molecule has 0 fully saturated rings. The van der Waals surface area contributed by atoms with Gasteiger partial charge in [0.1, 0.15) is 0 Å². The molecule has 0 saturated heterocycles. The van der Waals surface area contributed by atoms with Crippen LogP contribution < -0.4 is 0 Å². The van der Waals surface area contributed by atoms with Crippen molar-refractivity contribution in [2.75, 3.05) is 0 Å². The first kappa shape index (κ1) is 31.3. The number of benzene rings is 10. The molecule has 256 valence electrons. The summed E-state index contributed by atoms with van der Waals surface area (Å²) in [4.78, 5) is 0. The fourth-order valence-electron chi connectivity index (χ4n) is 8.74. The van der Waals surface area contributed by atoms with Crippen LogP contribution in [0.5, 0.6) is 0 Å². The number of nitrogens with zero attached hydrogens (tertiary/aromatic N) is 1. The quantitative estimate of drug-likeness (QED) is 0.158. The van der Waals surface area contributed by atoms with Gasteiger partial charge in [-0.3, -0.25) is 0 Å². The van der Waals surface area contributed by atoms with Crippen molar-refractivity contribution in [3.05, 3.63) is 212 Å². The van der Waals surface area contributed by atoms with Crippen LogP contribution in [-0.2, 0) is 0 Å². The van der Waals surface area contributed by atoms with Crippen molar-refractivity contribution in [1.82, 2.24) is 4.57 Å². The van der Waals surface area contributed by atoms with Crippen molar-refractivity contribution in [2.24, 2.45) is 0 Å². The minimum Gasteiger partial charge on any atom is -0.316 e. The minimum atomic E-state index is 1.13. The van der Waals surface area contributed by atoms with Crippen LogP contribution in [0.3, 0.4) is 0 Å². The normalized spacial score (nSPS) is 11.6. The van der Waals surface area contributed by atoms with Crippen molar-refractivity contribution >= 4 is 54.0 Å². The maximum atomic E-state index is 2.43. The van der Waals surface area contributed by atoms with Gasteiger partial charge in [0, 0.05) is 22.8 Å². The highest BCUT2D eigenvalue weighted by atomic mass is 15.0. The van der Waals surface area contributed by atoms with Gasteiger partial charge in [-0.25, -0.2) is 0 Å². The second-order valence-corrected chi connectivity index (χ2v) is 14.5. The van der Waals surface area contributed by atoms with E-state index in [0.29, 0.717) is 0 Å². The predicted molar refractivity (Wildman–Crippen MR) is 235 cm³/mol. The second-order valence-electron chi connectivity index (χ2n) is 14.5. The van der Waals surface area contributed by atoms with Gasteiger partial charge in [-0.1, -0.05) is 164 Å². The van der Waals surface area contributed by atoms with Gasteiger partial charge in [0.25, 0.3) is 0 Å². The summed E-state index contributed by atoms with van der Waals surface area (Å²) in [6.07, 6.45) is 2.38. The third kappa shape index (κ3) is 5.24. The average Bonchev–Trinajstić information content (AvgIpc) is 3.65. The molecule has 55 heavy (non-hydrogen) atoms. The van der Waals surface area contributed by atoms with Gasteiger partial charge in [0.05, 0.1) is 5.52 Å². The summed E-state index contributed by atoms with van der Waals surface area (Å²) in [7, 11) is 0. The Balaban J connectivity index is 1.22. The van der Waals surface area contributed by atoms with Crippen molar-refractivity contribution < 1.29 is 0 Å². The highest BCUT2D eigenvalue weighted by Crippen LogP contribution is 2.43. The van der Waals surface area contributed by atoms with Gasteiger partial charge < -0.3 is 4.57 Å². The standard InChI is InChI=1S/C54H35N/c1-3-15-36(16-4-1)41-29-42(37-17-5-2-6-18-37)31-43(30-41)55-35-53(51-33-39-20-8-10-22-45(39)47-24-12-14-26-49(47)51)52-34-40(27-28-54(52)55)50-32-38-19-7-9-21-44(38)46-23-11-13-25-48(46)50/h1-35H. The Labute approximate surface area is 320 Å². The molecule has 0 spiro atoms. The third-order valence-corrected chi connectivity index (χ3v) is 11.4. The van der Waals surface area contributed by atoms with E-state index in [-0.39, 0.29) is 0 Å². The molecule has 0 unspecified atom stereocenters. The molecule has 11 rings (SSSR count). The molecule has 0 N–H and O–H groups in total. The number of hydrogen-bond acceptors (Lipinski definition) is 0. The maximum absolute atomic E-state index is 2.43. The van der Waals surface area contributed by atoms with E-state index in [1.165, 1.54) is 98.5 Å². The highest BCUT2D eigenvalue weighted by molar-refractivity contribution is 6.18. The maximum Gasteiger partial charge on any atom is 0.0535 e. The SMILES string of the molecule is c1ccc(-c2cc(-c3ccccc3)cc(-n3cc(-c4cc5ccccc5c5ccccc45)c4cc(-c5cc6ccccc6c6ccccc56)ccc43)c2)cc1. The van der Waals surface area contributed by atoms with Crippen LogP contribution in [0.25, 0.3) is 104 Å². The van der Waals surface area contributed by atoms with Gasteiger partial charge in [-0.2, -0.15) is 0 Å². The summed E-state index contributed by atoms with van der Waals surface area (Å²) >= 11 is 0. The largest absolute Gasteiger partial charge is 0.316 e. The molecule has 0 saturated carbocycles. The van der Waals surface area contributed by atoms with Crippen LogP contribution in [0.4, 0.5) is 0 Å². The fourth-order valence-corrected chi connectivity index (χ4v) is 8.74. The first-order chi connectivity index (χ1) is 27.3. The molecule has 0 amide bonds. The Bertz CT molecular complexity index is 3180. The molecule has 1 nitrogen and oxygen atoms in total. The molecule has 0 bridgehead atoms. The summed E-state index contributed by atoms with van der Waals surface area (Å²) < 4.78 is 2.41. The van der Waals surface area contributed by atoms with E-state index in [1.807, 2.05) is 0 Å². The Morgan fingerprint density at radius 2 is 0.727 bits per heavy atom. The molecule has 1 heteroatoms. The number of rotatable bonds is 5. The first-order valence-electron chi connectivity index (χ1n) is 19.0. The summed E-state index contributed by atoms with van der Waals surface area (Å²) in [5.41, 5.74) is 12.0. The van der Waals surface area contributed by atoms with E-state index in [4.69, 9.17) is 0 Å². The van der Waals surface area contributed by atoms with Crippen LogP contribution in [0.2, 0.25) is 0 Å². The number of hydrogen-bond donors (Lipinski definition) is 0. The minimum absolute atomic E-state index is 1.13. The van der Waals surface area contributed by atoms with Crippen molar-refractivity contribution in [1.29, 1.82) is 0 Å². The molecular weight excluding hydrogens is 663 g/mol. The van der Waals surface area contributed by atoms with Crippen molar-refractivity contribution in [3.8, 4) is 50.2 Å². The van der Waals surface area contributed by atoms with Crippen LogP contribution in [0.15, 0.2) is 212 Å². The van der Waals surface area contributed by atoms with Gasteiger partial charge in [-0.15, -0.1) is 0 Å². The second kappa shape index (κ2) is 12.7. The zero-order valence-electron chi connectivity index (χ0n) is 30.2. The number of fused-ring (bicyclic) bond motifs is 7. The molecule has 1 aromatic heterocycles. The topological polar surface area (TPSA) is 4.93 Å². The van der Waals surface area contributed by atoms with E-state index in [9.17, 15) is 0 Å². The summed E-state index contributed by atoms with van der Waals surface area (Å²) in [5.74, 6) is 0. The Morgan fingerprint density at radius 3 is 1.31 bits per heavy atom. The molecule has 0 aliphatic heterocycles. The molecule has 0 aliphatic carbocycles. The molecule has 0 aliphatic rings. The molecule has 10 aromatic carbocycles. The van der Waals surface area contributed by atoms with E-state index in [2.05, 4.69) is 217 Å².